The lowest BCUT2D eigenvalue weighted by Crippen LogP contribution is -2.38. The molecule has 0 bridgehead atoms. The fraction of sp³-hybridized carbons (Fsp3) is 0.750. The number of hydrogen-bond acceptors (Lipinski definition) is 6. The van der Waals surface area contributed by atoms with E-state index in [9.17, 15) is 9.59 Å². The molecule has 0 radical (unpaired) electrons. The van der Waals surface area contributed by atoms with Gasteiger partial charge in [-0.25, -0.2) is 9.59 Å². The van der Waals surface area contributed by atoms with Crippen molar-refractivity contribution < 1.29 is 28.5 Å². The van der Waals surface area contributed by atoms with Crippen LogP contribution in [0, 0.1) is 0 Å². The predicted octanol–water partition coefficient (Wildman–Crippen LogP) is -0.538. The van der Waals surface area contributed by atoms with E-state index < -0.39 is 30.4 Å². The Morgan fingerprint density at radius 1 is 1.00 bits per heavy atom. The zero-order valence-corrected chi connectivity index (χ0v) is 8.18. The number of ether oxygens (including phenoxy) is 4. The molecule has 1 aliphatic rings. The SMILES string of the molecule is COC(=O)C1OC(C)OC1C(=O)OC. The molecule has 1 rings (SSSR count). The van der Waals surface area contributed by atoms with Crippen molar-refractivity contribution in [3.8, 4) is 0 Å². The van der Waals surface area contributed by atoms with Crippen molar-refractivity contribution in [2.75, 3.05) is 14.2 Å². The minimum Gasteiger partial charge on any atom is -0.467 e. The van der Waals surface area contributed by atoms with Gasteiger partial charge in [-0.2, -0.15) is 0 Å². The molecule has 2 unspecified atom stereocenters. The Labute approximate surface area is 81.1 Å². The lowest BCUT2D eigenvalue weighted by Gasteiger charge is -2.11. The molecule has 1 saturated heterocycles. The number of carbonyl (C=O) groups excluding carboxylic acids is 2. The molecular formula is C8H12O6. The Morgan fingerprint density at radius 3 is 1.64 bits per heavy atom. The maximum Gasteiger partial charge on any atom is 0.338 e. The number of rotatable bonds is 2. The summed E-state index contributed by atoms with van der Waals surface area (Å²) in [5.41, 5.74) is 0. The van der Waals surface area contributed by atoms with Crippen LogP contribution in [0.1, 0.15) is 6.92 Å². The summed E-state index contributed by atoms with van der Waals surface area (Å²) in [6.07, 6.45) is -2.70. The van der Waals surface area contributed by atoms with Gasteiger partial charge in [0.1, 0.15) is 0 Å². The lowest BCUT2D eigenvalue weighted by atomic mass is 10.2. The summed E-state index contributed by atoms with van der Waals surface area (Å²) >= 11 is 0. The first-order valence-corrected chi connectivity index (χ1v) is 4.06. The molecule has 0 aliphatic carbocycles. The molecule has 80 valence electrons. The number of esters is 2. The van der Waals surface area contributed by atoms with Gasteiger partial charge in [0.2, 0.25) is 0 Å². The lowest BCUT2D eigenvalue weighted by molar-refractivity contribution is -0.160. The molecule has 0 aromatic rings. The van der Waals surface area contributed by atoms with E-state index in [-0.39, 0.29) is 0 Å². The van der Waals surface area contributed by atoms with Crippen LogP contribution in [0.25, 0.3) is 0 Å². The van der Waals surface area contributed by atoms with Crippen molar-refractivity contribution in [3.05, 3.63) is 0 Å². The van der Waals surface area contributed by atoms with Gasteiger partial charge in [0.25, 0.3) is 0 Å². The molecule has 1 heterocycles. The summed E-state index contributed by atoms with van der Waals surface area (Å²) in [7, 11) is 2.42. The first kappa shape index (κ1) is 10.9. The minimum absolute atomic E-state index is 0.622. The van der Waals surface area contributed by atoms with Gasteiger partial charge in [0, 0.05) is 0 Å². The molecule has 2 atom stereocenters. The van der Waals surface area contributed by atoms with Crippen molar-refractivity contribution >= 4 is 11.9 Å². The zero-order valence-electron chi connectivity index (χ0n) is 8.18. The fourth-order valence-electron chi connectivity index (χ4n) is 1.18. The van der Waals surface area contributed by atoms with Crippen LogP contribution in [0.2, 0.25) is 0 Å². The number of methoxy groups -OCH3 is 2. The van der Waals surface area contributed by atoms with Gasteiger partial charge >= 0.3 is 11.9 Å². The predicted molar refractivity (Wildman–Crippen MR) is 43.2 cm³/mol. The van der Waals surface area contributed by atoms with Crippen molar-refractivity contribution in [3.63, 3.8) is 0 Å². The third-order valence-electron chi connectivity index (χ3n) is 1.82. The van der Waals surface area contributed by atoms with E-state index in [1.807, 2.05) is 0 Å². The molecule has 1 fully saturated rings. The summed E-state index contributed by atoms with van der Waals surface area (Å²) < 4.78 is 19.0. The van der Waals surface area contributed by atoms with Gasteiger partial charge in [0.15, 0.2) is 18.5 Å². The van der Waals surface area contributed by atoms with Crippen LogP contribution < -0.4 is 0 Å². The van der Waals surface area contributed by atoms with E-state index in [1.54, 1.807) is 6.92 Å². The smallest absolute Gasteiger partial charge is 0.338 e. The molecule has 0 amide bonds. The van der Waals surface area contributed by atoms with Gasteiger partial charge < -0.3 is 18.9 Å². The normalized spacial score (nSPS) is 31.2. The molecule has 6 nitrogen and oxygen atoms in total. The highest BCUT2D eigenvalue weighted by atomic mass is 16.8. The van der Waals surface area contributed by atoms with Crippen molar-refractivity contribution in [1.29, 1.82) is 0 Å². The van der Waals surface area contributed by atoms with E-state index in [2.05, 4.69) is 9.47 Å². The highest BCUT2D eigenvalue weighted by molar-refractivity contribution is 5.86. The Kier molecular flexibility index (Phi) is 3.43. The van der Waals surface area contributed by atoms with Crippen LogP contribution in [0.15, 0.2) is 0 Å². The van der Waals surface area contributed by atoms with E-state index >= 15 is 0 Å². The van der Waals surface area contributed by atoms with Gasteiger partial charge in [-0.15, -0.1) is 0 Å². The molecular weight excluding hydrogens is 192 g/mol. The van der Waals surface area contributed by atoms with Crippen LogP contribution in [0.5, 0.6) is 0 Å². The largest absolute Gasteiger partial charge is 0.467 e. The molecule has 0 aromatic heterocycles. The van der Waals surface area contributed by atoms with Crippen LogP contribution in [0.3, 0.4) is 0 Å². The summed E-state index contributed by atoms with van der Waals surface area (Å²) in [5.74, 6) is -1.30. The summed E-state index contributed by atoms with van der Waals surface area (Å²) in [6.45, 7) is 1.58. The van der Waals surface area contributed by atoms with Gasteiger partial charge in [-0.1, -0.05) is 0 Å². The Balaban J connectivity index is 2.72. The zero-order chi connectivity index (χ0) is 10.7. The van der Waals surface area contributed by atoms with Crippen LogP contribution in [0.4, 0.5) is 0 Å². The molecule has 0 aromatic carbocycles. The van der Waals surface area contributed by atoms with Crippen molar-refractivity contribution in [2.45, 2.75) is 25.4 Å². The maximum atomic E-state index is 11.2. The average Bonchev–Trinajstić information content (AvgIpc) is 2.58. The fourth-order valence-corrected chi connectivity index (χ4v) is 1.18. The van der Waals surface area contributed by atoms with E-state index in [1.165, 1.54) is 14.2 Å². The van der Waals surface area contributed by atoms with E-state index in [0.717, 1.165) is 0 Å². The second kappa shape index (κ2) is 4.39. The standard InChI is InChI=1S/C8H12O6/c1-4-13-5(7(9)11-2)6(14-4)8(10)12-3/h4-6H,1-3H3. The molecule has 0 N–H and O–H groups in total. The third-order valence-corrected chi connectivity index (χ3v) is 1.82. The monoisotopic (exact) mass is 204 g/mol. The van der Waals surface area contributed by atoms with Gasteiger partial charge in [0.05, 0.1) is 14.2 Å². The molecule has 1 aliphatic heterocycles. The van der Waals surface area contributed by atoms with Crippen molar-refractivity contribution in [1.82, 2.24) is 0 Å². The maximum absolute atomic E-state index is 11.2. The Hall–Kier alpha value is -1.14. The van der Waals surface area contributed by atoms with E-state index in [0.29, 0.717) is 0 Å². The number of hydrogen-bond donors (Lipinski definition) is 0. The summed E-state index contributed by atoms with van der Waals surface area (Å²) in [4.78, 5) is 22.3. The second-order valence-electron chi connectivity index (χ2n) is 2.73. The van der Waals surface area contributed by atoms with Crippen molar-refractivity contribution in [2.24, 2.45) is 0 Å². The Bertz CT molecular complexity index is 214. The highest BCUT2D eigenvalue weighted by Gasteiger charge is 2.45. The molecule has 14 heavy (non-hydrogen) atoms. The first-order valence-electron chi connectivity index (χ1n) is 4.06. The summed E-state index contributed by atoms with van der Waals surface area (Å²) in [6, 6.07) is 0. The van der Waals surface area contributed by atoms with Gasteiger partial charge in [-0.05, 0) is 6.92 Å². The second-order valence-corrected chi connectivity index (χ2v) is 2.73. The highest BCUT2D eigenvalue weighted by Crippen LogP contribution is 2.20. The topological polar surface area (TPSA) is 71.1 Å². The first-order chi connectivity index (χ1) is 6.60. The van der Waals surface area contributed by atoms with Crippen LogP contribution in [-0.4, -0.2) is 44.7 Å². The summed E-state index contributed by atoms with van der Waals surface area (Å²) in [5, 5.41) is 0. The number of carbonyl (C=O) groups is 2. The third kappa shape index (κ3) is 2.02. The minimum atomic E-state index is -1.04. The quantitative estimate of drug-likeness (QED) is 0.563. The average molecular weight is 204 g/mol. The van der Waals surface area contributed by atoms with E-state index in [4.69, 9.17) is 9.47 Å². The molecule has 0 saturated carbocycles. The van der Waals surface area contributed by atoms with Gasteiger partial charge in [-0.3, -0.25) is 0 Å². The molecule has 6 heteroatoms. The van der Waals surface area contributed by atoms with Crippen LogP contribution >= 0.6 is 0 Å². The molecule has 0 spiro atoms. The van der Waals surface area contributed by atoms with Crippen LogP contribution in [-0.2, 0) is 28.5 Å². The Morgan fingerprint density at radius 2 is 1.36 bits per heavy atom.